The third kappa shape index (κ3) is 4.18. The summed E-state index contributed by atoms with van der Waals surface area (Å²) in [5, 5.41) is 2.74. The van der Waals surface area contributed by atoms with E-state index in [1.54, 1.807) is 0 Å². The van der Waals surface area contributed by atoms with E-state index >= 15 is 0 Å². The van der Waals surface area contributed by atoms with Crippen molar-refractivity contribution in [1.82, 2.24) is 0 Å². The molecule has 0 spiro atoms. The van der Waals surface area contributed by atoms with Crippen LogP contribution in [0.2, 0.25) is 5.02 Å². The number of ether oxygens (including phenoxy) is 1. The first-order valence-corrected chi connectivity index (χ1v) is 6.44. The topological polar surface area (TPSA) is 55.4 Å². The Hall–Kier alpha value is -1.60. The van der Waals surface area contributed by atoms with Crippen LogP contribution in [0.15, 0.2) is 12.1 Å². The molecule has 0 radical (unpaired) electrons. The average molecular weight is 322 g/mol. The summed E-state index contributed by atoms with van der Waals surface area (Å²) in [6, 6.07) is 2.95. The third-order valence-electron chi connectivity index (χ3n) is 2.86. The van der Waals surface area contributed by atoms with Crippen LogP contribution in [0.1, 0.15) is 22.3 Å². The summed E-state index contributed by atoms with van der Waals surface area (Å²) in [6.45, 7) is -1.74. The molecular weight excluding hydrogens is 311 g/mol. The van der Waals surface area contributed by atoms with Crippen LogP contribution in [0.25, 0.3) is 0 Å². The first kappa shape index (κ1) is 15.8. The van der Waals surface area contributed by atoms with Gasteiger partial charge in [-0.15, -0.1) is 0 Å². The largest absolute Gasteiger partial charge is 0.411 e. The molecular formula is C13H11ClF3NO3. The number of carbonyl (C=O) groups is 2. The molecule has 1 heterocycles. The number of Topliss-reactive ketones (excluding diaryl/α,β-unsaturated/α-hetero) is 1. The minimum Gasteiger partial charge on any atom is -0.372 e. The van der Waals surface area contributed by atoms with Crippen LogP contribution < -0.4 is 5.32 Å². The van der Waals surface area contributed by atoms with Gasteiger partial charge in [0.05, 0.1) is 18.1 Å². The van der Waals surface area contributed by atoms with Gasteiger partial charge in [0.15, 0.2) is 5.78 Å². The SMILES string of the molecule is O=C1Cc2cc(C(=O)CCOCC(F)(F)F)c(Cl)cc2N1. The molecule has 0 fully saturated rings. The first-order chi connectivity index (χ1) is 9.76. The fraction of sp³-hybridized carbons (Fsp3) is 0.385. The Labute approximate surface area is 123 Å². The number of amides is 1. The molecule has 1 aliphatic rings. The van der Waals surface area contributed by atoms with Crippen LogP contribution in [-0.4, -0.2) is 31.1 Å². The zero-order chi connectivity index (χ0) is 15.6. The number of ketones is 1. The number of hydrogen-bond donors (Lipinski definition) is 1. The van der Waals surface area contributed by atoms with Crippen molar-refractivity contribution in [3.8, 4) is 0 Å². The van der Waals surface area contributed by atoms with Gasteiger partial charge in [0.2, 0.25) is 5.91 Å². The van der Waals surface area contributed by atoms with Crippen LogP contribution in [0, 0.1) is 0 Å². The second-order valence-corrected chi connectivity index (χ2v) is 4.96. The van der Waals surface area contributed by atoms with E-state index in [0.717, 1.165) is 0 Å². The second kappa shape index (κ2) is 6.03. The number of anilines is 1. The van der Waals surface area contributed by atoms with Crippen molar-refractivity contribution in [2.24, 2.45) is 0 Å². The summed E-state index contributed by atoms with van der Waals surface area (Å²) in [5.74, 6) is -0.622. The van der Waals surface area contributed by atoms with Crippen LogP contribution >= 0.6 is 11.6 Å². The molecule has 2 rings (SSSR count). The number of benzene rings is 1. The Morgan fingerprint density at radius 3 is 2.76 bits per heavy atom. The van der Waals surface area contributed by atoms with E-state index in [2.05, 4.69) is 10.1 Å². The number of nitrogens with one attached hydrogen (secondary N) is 1. The molecule has 4 nitrogen and oxygen atoms in total. The van der Waals surface area contributed by atoms with Gasteiger partial charge in [-0.3, -0.25) is 9.59 Å². The van der Waals surface area contributed by atoms with Crippen molar-refractivity contribution in [2.75, 3.05) is 18.5 Å². The fourth-order valence-electron chi connectivity index (χ4n) is 1.95. The average Bonchev–Trinajstić information content (AvgIpc) is 2.71. The summed E-state index contributed by atoms with van der Waals surface area (Å²) in [4.78, 5) is 23.2. The lowest BCUT2D eigenvalue weighted by atomic mass is 10.0. The number of alkyl halides is 3. The molecule has 1 aliphatic heterocycles. The Balaban J connectivity index is 1.97. The first-order valence-electron chi connectivity index (χ1n) is 6.06. The molecule has 114 valence electrons. The van der Waals surface area contributed by atoms with E-state index in [-0.39, 0.29) is 35.9 Å². The summed E-state index contributed by atoms with van der Waals surface area (Å²) in [7, 11) is 0. The summed E-state index contributed by atoms with van der Waals surface area (Å²) < 4.78 is 40.0. The molecule has 0 aromatic heterocycles. The number of halogens is 4. The van der Waals surface area contributed by atoms with Crippen LogP contribution in [0.3, 0.4) is 0 Å². The molecule has 0 saturated carbocycles. The lowest BCUT2D eigenvalue weighted by molar-refractivity contribution is -0.173. The van der Waals surface area contributed by atoms with Crippen LogP contribution in [0.5, 0.6) is 0 Å². The smallest absolute Gasteiger partial charge is 0.372 e. The van der Waals surface area contributed by atoms with Crippen molar-refractivity contribution in [1.29, 1.82) is 0 Å². The van der Waals surface area contributed by atoms with E-state index in [9.17, 15) is 22.8 Å². The molecule has 0 saturated heterocycles. The van der Waals surface area contributed by atoms with Crippen molar-refractivity contribution >= 4 is 29.0 Å². The second-order valence-electron chi connectivity index (χ2n) is 4.56. The molecule has 21 heavy (non-hydrogen) atoms. The van der Waals surface area contributed by atoms with Gasteiger partial charge in [-0.2, -0.15) is 13.2 Å². The maximum absolute atomic E-state index is 11.9. The van der Waals surface area contributed by atoms with E-state index in [1.165, 1.54) is 12.1 Å². The number of carbonyl (C=O) groups excluding carboxylic acids is 2. The number of hydrogen-bond acceptors (Lipinski definition) is 3. The quantitative estimate of drug-likeness (QED) is 0.670. The molecule has 0 aliphatic carbocycles. The molecule has 0 atom stereocenters. The standard InChI is InChI=1S/C13H11ClF3NO3/c14-9-5-10-7(4-12(20)18-10)3-8(9)11(19)1-2-21-6-13(15,16)17/h3,5H,1-2,4,6H2,(H,18,20). The minimum absolute atomic E-state index is 0.150. The Morgan fingerprint density at radius 2 is 2.10 bits per heavy atom. The summed E-state index contributed by atoms with van der Waals surface area (Å²) in [5.41, 5.74) is 1.38. The maximum atomic E-state index is 11.9. The zero-order valence-electron chi connectivity index (χ0n) is 10.7. The number of fused-ring (bicyclic) bond motifs is 1. The highest BCUT2D eigenvalue weighted by Crippen LogP contribution is 2.30. The zero-order valence-corrected chi connectivity index (χ0v) is 11.5. The predicted molar refractivity (Wildman–Crippen MR) is 69.6 cm³/mol. The Morgan fingerprint density at radius 1 is 1.38 bits per heavy atom. The van der Waals surface area contributed by atoms with Gasteiger partial charge >= 0.3 is 6.18 Å². The van der Waals surface area contributed by atoms with Crippen molar-refractivity contribution < 1.29 is 27.5 Å². The predicted octanol–water partition coefficient (Wildman–Crippen LogP) is 2.99. The summed E-state index contributed by atoms with van der Waals surface area (Å²) >= 11 is 5.94. The Bertz CT molecular complexity index is 587. The van der Waals surface area contributed by atoms with Gasteiger partial charge in [0.1, 0.15) is 6.61 Å². The lowest BCUT2D eigenvalue weighted by Crippen LogP contribution is -2.18. The molecule has 1 aromatic rings. The molecule has 0 unspecified atom stereocenters. The third-order valence-corrected chi connectivity index (χ3v) is 3.17. The lowest BCUT2D eigenvalue weighted by Gasteiger charge is -2.09. The van der Waals surface area contributed by atoms with Gasteiger partial charge in [0.25, 0.3) is 0 Å². The molecule has 1 amide bonds. The van der Waals surface area contributed by atoms with E-state index in [1.807, 2.05) is 0 Å². The van der Waals surface area contributed by atoms with Crippen molar-refractivity contribution in [2.45, 2.75) is 19.0 Å². The van der Waals surface area contributed by atoms with Gasteiger partial charge in [0, 0.05) is 17.7 Å². The maximum Gasteiger partial charge on any atom is 0.411 e. The highest BCUT2D eigenvalue weighted by atomic mass is 35.5. The van der Waals surface area contributed by atoms with E-state index < -0.39 is 18.6 Å². The highest BCUT2D eigenvalue weighted by molar-refractivity contribution is 6.34. The number of rotatable bonds is 5. The van der Waals surface area contributed by atoms with Crippen LogP contribution in [-0.2, 0) is 16.0 Å². The fourth-order valence-corrected chi connectivity index (χ4v) is 2.22. The minimum atomic E-state index is -4.42. The Kier molecular flexibility index (Phi) is 4.53. The molecule has 8 heteroatoms. The molecule has 1 aromatic carbocycles. The highest BCUT2D eigenvalue weighted by Gasteiger charge is 2.27. The normalized spacial score (nSPS) is 14.0. The van der Waals surface area contributed by atoms with Crippen LogP contribution in [0.4, 0.5) is 18.9 Å². The monoisotopic (exact) mass is 321 g/mol. The van der Waals surface area contributed by atoms with E-state index in [4.69, 9.17) is 11.6 Å². The van der Waals surface area contributed by atoms with Crippen molar-refractivity contribution in [3.63, 3.8) is 0 Å². The molecule has 1 N–H and O–H groups in total. The van der Waals surface area contributed by atoms with Gasteiger partial charge in [-0.05, 0) is 17.7 Å². The van der Waals surface area contributed by atoms with Gasteiger partial charge in [-0.25, -0.2) is 0 Å². The summed E-state index contributed by atoms with van der Waals surface area (Å²) in [6.07, 6.45) is -4.48. The van der Waals surface area contributed by atoms with E-state index in [0.29, 0.717) is 11.3 Å². The van der Waals surface area contributed by atoms with Crippen molar-refractivity contribution in [3.05, 3.63) is 28.3 Å². The van der Waals surface area contributed by atoms with Gasteiger partial charge in [-0.1, -0.05) is 11.6 Å². The molecule has 0 bridgehead atoms. The van der Waals surface area contributed by atoms with Gasteiger partial charge < -0.3 is 10.1 Å².